The molecule has 2 aliphatic rings. The number of nitrogens with zero attached hydrogens (tertiary/aromatic N) is 3. The smallest absolute Gasteiger partial charge is 0.236 e. The van der Waals surface area contributed by atoms with Crippen molar-refractivity contribution in [1.82, 2.24) is 9.80 Å². The Hall–Kier alpha value is -1.62. The highest BCUT2D eigenvalue weighted by atomic mass is 19.1. The zero-order chi connectivity index (χ0) is 15.4. The molecule has 0 radical (unpaired) electrons. The minimum Gasteiger partial charge on any atom is -0.369 e. The van der Waals surface area contributed by atoms with Gasteiger partial charge in [0.05, 0.1) is 6.54 Å². The normalized spacial score (nSPS) is 20.2. The molecule has 5 heteroatoms. The molecule has 2 heterocycles. The lowest BCUT2D eigenvalue weighted by atomic mass is 10.1. The van der Waals surface area contributed by atoms with E-state index in [0.717, 1.165) is 57.8 Å². The number of anilines is 1. The van der Waals surface area contributed by atoms with Gasteiger partial charge in [-0.25, -0.2) is 4.39 Å². The van der Waals surface area contributed by atoms with E-state index in [2.05, 4.69) is 9.80 Å². The Morgan fingerprint density at radius 3 is 2.18 bits per heavy atom. The molecule has 0 unspecified atom stereocenters. The Bertz CT molecular complexity index is 491. The molecule has 1 aromatic rings. The molecular formula is C17H24FN3O. The van der Waals surface area contributed by atoms with Crippen LogP contribution in [-0.2, 0) is 4.79 Å². The van der Waals surface area contributed by atoms with E-state index >= 15 is 0 Å². The van der Waals surface area contributed by atoms with Gasteiger partial charge in [-0.2, -0.15) is 0 Å². The first-order chi connectivity index (χ1) is 10.7. The van der Waals surface area contributed by atoms with Crippen LogP contribution in [0.3, 0.4) is 0 Å². The molecule has 0 aliphatic carbocycles. The third-order valence-electron chi connectivity index (χ3n) is 4.63. The summed E-state index contributed by atoms with van der Waals surface area (Å²) in [7, 11) is 0. The zero-order valence-corrected chi connectivity index (χ0v) is 13.0. The molecule has 0 aromatic heterocycles. The van der Waals surface area contributed by atoms with Crippen LogP contribution in [0.1, 0.15) is 19.3 Å². The Morgan fingerprint density at radius 2 is 1.55 bits per heavy atom. The van der Waals surface area contributed by atoms with Crippen molar-refractivity contribution >= 4 is 11.6 Å². The molecule has 0 N–H and O–H groups in total. The fourth-order valence-electron chi connectivity index (χ4n) is 3.25. The van der Waals surface area contributed by atoms with Crippen LogP contribution in [0.4, 0.5) is 10.1 Å². The van der Waals surface area contributed by atoms with Crippen LogP contribution in [0.5, 0.6) is 0 Å². The largest absolute Gasteiger partial charge is 0.369 e. The molecule has 22 heavy (non-hydrogen) atoms. The second kappa shape index (κ2) is 7.09. The third kappa shape index (κ3) is 3.77. The average Bonchev–Trinajstić information content (AvgIpc) is 2.57. The van der Waals surface area contributed by atoms with Gasteiger partial charge >= 0.3 is 0 Å². The summed E-state index contributed by atoms with van der Waals surface area (Å²) in [6.07, 6.45) is 3.54. The van der Waals surface area contributed by atoms with E-state index in [1.54, 1.807) is 0 Å². The lowest BCUT2D eigenvalue weighted by Gasteiger charge is -2.37. The Labute approximate surface area is 131 Å². The van der Waals surface area contributed by atoms with Crippen LogP contribution in [-0.4, -0.2) is 61.5 Å². The van der Waals surface area contributed by atoms with Crippen molar-refractivity contribution in [2.45, 2.75) is 19.3 Å². The van der Waals surface area contributed by atoms with Crippen molar-refractivity contribution in [3.8, 4) is 0 Å². The van der Waals surface area contributed by atoms with E-state index < -0.39 is 0 Å². The number of carbonyl (C=O) groups excluding carboxylic acids is 1. The summed E-state index contributed by atoms with van der Waals surface area (Å²) in [5, 5.41) is 0. The van der Waals surface area contributed by atoms with Crippen molar-refractivity contribution in [2.75, 3.05) is 50.7 Å². The van der Waals surface area contributed by atoms with Crippen LogP contribution >= 0.6 is 0 Å². The van der Waals surface area contributed by atoms with Crippen molar-refractivity contribution < 1.29 is 9.18 Å². The Kier molecular flexibility index (Phi) is 4.93. The van der Waals surface area contributed by atoms with Crippen molar-refractivity contribution in [2.24, 2.45) is 0 Å². The van der Waals surface area contributed by atoms with Crippen LogP contribution < -0.4 is 4.90 Å². The summed E-state index contributed by atoms with van der Waals surface area (Å²) in [4.78, 5) is 18.8. The number of hydrogen-bond donors (Lipinski definition) is 0. The van der Waals surface area contributed by atoms with Crippen molar-refractivity contribution in [3.63, 3.8) is 0 Å². The Morgan fingerprint density at radius 1 is 0.909 bits per heavy atom. The van der Waals surface area contributed by atoms with E-state index in [0.29, 0.717) is 6.54 Å². The number of likely N-dealkylation sites (tertiary alicyclic amines) is 1. The minimum atomic E-state index is -0.200. The number of rotatable bonds is 3. The molecule has 0 bridgehead atoms. The fourth-order valence-corrected chi connectivity index (χ4v) is 3.25. The van der Waals surface area contributed by atoms with Crippen molar-refractivity contribution in [3.05, 3.63) is 30.1 Å². The maximum absolute atomic E-state index is 13.0. The number of carbonyl (C=O) groups is 1. The number of hydrogen-bond acceptors (Lipinski definition) is 3. The second-order valence-electron chi connectivity index (χ2n) is 6.18. The van der Waals surface area contributed by atoms with E-state index in [1.165, 1.54) is 18.6 Å². The molecule has 0 atom stereocenters. The summed E-state index contributed by atoms with van der Waals surface area (Å²) < 4.78 is 13.0. The highest BCUT2D eigenvalue weighted by molar-refractivity contribution is 5.78. The van der Waals surface area contributed by atoms with Crippen LogP contribution in [0, 0.1) is 5.82 Å². The standard InChI is InChI=1S/C17H24FN3O/c18-15-4-6-16(7-5-15)20-12-10-19(11-13-20)14-17(22)21-8-2-1-3-9-21/h4-7H,1-3,8-14H2. The number of halogens is 1. The van der Waals surface area contributed by atoms with Gasteiger partial charge in [0.25, 0.3) is 0 Å². The van der Waals surface area contributed by atoms with Crippen molar-refractivity contribution in [1.29, 1.82) is 0 Å². The summed E-state index contributed by atoms with van der Waals surface area (Å²) in [5.74, 6) is 0.0736. The number of benzene rings is 1. The first-order valence-electron chi connectivity index (χ1n) is 8.23. The van der Waals surface area contributed by atoms with E-state index in [9.17, 15) is 9.18 Å². The molecule has 120 valence electrons. The van der Waals surface area contributed by atoms with E-state index in [-0.39, 0.29) is 11.7 Å². The average molecular weight is 305 g/mol. The molecular weight excluding hydrogens is 281 g/mol. The number of amides is 1. The van der Waals surface area contributed by atoms with Gasteiger partial charge in [0.2, 0.25) is 5.91 Å². The molecule has 2 fully saturated rings. The molecule has 1 aromatic carbocycles. The van der Waals surface area contributed by atoms with Gasteiger partial charge in [-0.3, -0.25) is 9.69 Å². The maximum atomic E-state index is 13.0. The molecule has 2 aliphatic heterocycles. The van der Waals surface area contributed by atoms with Crippen LogP contribution in [0.2, 0.25) is 0 Å². The monoisotopic (exact) mass is 305 g/mol. The first kappa shape index (κ1) is 15.3. The molecule has 4 nitrogen and oxygen atoms in total. The van der Waals surface area contributed by atoms with Gasteiger partial charge in [-0.05, 0) is 43.5 Å². The fraction of sp³-hybridized carbons (Fsp3) is 0.588. The van der Waals surface area contributed by atoms with Gasteiger partial charge in [0, 0.05) is 45.0 Å². The first-order valence-corrected chi connectivity index (χ1v) is 8.23. The highest BCUT2D eigenvalue weighted by Crippen LogP contribution is 2.17. The predicted octanol–water partition coefficient (Wildman–Crippen LogP) is 1.96. The van der Waals surface area contributed by atoms with Crippen LogP contribution in [0.15, 0.2) is 24.3 Å². The molecule has 3 rings (SSSR count). The number of piperazine rings is 1. The minimum absolute atomic E-state index is 0.200. The summed E-state index contributed by atoms with van der Waals surface area (Å²) in [6, 6.07) is 6.65. The molecule has 2 saturated heterocycles. The summed E-state index contributed by atoms with van der Waals surface area (Å²) in [5.41, 5.74) is 1.06. The summed E-state index contributed by atoms with van der Waals surface area (Å²) in [6.45, 7) is 5.94. The van der Waals surface area contributed by atoms with Gasteiger partial charge in [-0.15, -0.1) is 0 Å². The van der Waals surface area contributed by atoms with Crippen LogP contribution in [0.25, 0.3) is 0 Å². The SMILES string of the molecule is O=C(CN1CCN(c2ccc(F)cc2)CC1)N1CCCCC1. The summed E-state index contributed by atoms with van der Waals surface area (Å²) >= 11 is 0. The quantitative estimate of drug-likeness (QED) is 0.854. The zero-order valence-electron chi connectivity index (χ0n) is 13.0. The molecule has 0 spiro atoms. The molecule has 0 saturated carbocycles. The van der Waals surface area contributed by atoms with Gasteiger partial charge < -0.3 is 9.80 Å². The predicted molar refractivity (Wildman–Crippen MR) is 85.5 cm³/mol. The topological polar surface area (TPSA) is 26.8 Å². The third-order valence-corrected chi connectivity index (χ3v) is 4.63. The lowest BCUT2D eigenvalue weighted by Crippen LogP contribution is -2.50. The van der Waals surface area contributed by atoms with Gasteiger partial charge in [0.1, 0.15) is 5.82 Å². The van der Waals surface area contributed by atoms with E-state index in [4.69, 9.17) is 0 Å². The van der Waals surface area contributed by atoms with E-state index in [1.807, 2.05) is 17.0 Å². The Balaban J connectivity index is 1.47. The second-order valence-corrected chi connectivity index (χ2v) is 6.18. The van der Waals surface area contributed by atoms with Gasteiger partial charge in [-0.1, -0.05) is 0 Å². The molecule has 1 amide bonds. The number of piperidine rings is 1. The lowest BCUT2D eigenvalue weighted by molar-refractivity contribution is -0.133. The highest BCUT2D eigenvalue weighted by Gasteiger charge is 2.22. The maximum Gasteiger partial charge on any atom is 0.236 e. The van der Waals surface area contributed by atoms with Gasteiger partial charge in [0.15, 0.2) is 0 Å².